The van der Waals surface area contributed by atoms with Crippen molar-refractivity contribution in [2.45, 2.75) is 25.4 Å². The van der Waals surface area contributed by atoms with Gasteiger partial charge in [0.1, 0.15) is 0 Å². The van der Waals surface area contributed by atoms with Crippen LogP contribution in [0.3, 0.4) is 0 Å². The van der Waals surface area contributed by atoms with Gasteiger partial charge in [0.05, 0.1) is 0 Å². The fourth-order valence-corrected chi connectivity index (χ4v) is 3.37. The summed E-state index contributed by atoms with van der Waals surface area (Å²) < 4.78 is 0. The predicted molar refractivity (Wildman–Crippen MR) is 103 cm³/mol. The van der Waals surface area contributed by atoms with E-state index in [1.807, 2.05) is 19.2 Å². The fourth-order valence-electron chi connectivity index (χ4n) is 3.24. The third kappa shape index (κ3) is 5.05. The zero-order valence-corrected chi connectivity index (χ0v) is 15.2. The number of benzene rings is 2. The Bertz CT molecular complexity index is 717. The SMILES string of the molecule is CNC1CCCN(Cc2cccc(NC(=O)c3ccc(Cl)cc3)c2)C1. The molecular weight excluding hydrogens is 334 g/mol. The second-order valence-electron chi connectivity index (χ2n) is 6.52. The van der Waals surface area contributed by atoms with Gasteiger partial charge in [-0.15, -0.1) is 0 Å². The van der Waals surface area contributed by atoms with Crippen molar-refractivity contribution in [2.75, 3.05) is 25.5 Å². The number of piperidine rings is 1. The van der Waals surface area contributed by atoms with Gasteiger partial charge in [-0.05, 0) is 68.4 Å². The molecular formula is C20H24ClN3O. The molecule has 1 aliphatic rings. The predicted octanol–water partition coefficient (Wildman–Crippen LogP) is 3.78. The minimum absolute atomic E-state index is 0.123. The van der Waals surface area contributed by atoms with Crippen molar-refractivity contribution in [3.63, 3.8) is 0 Å². The van der Waals surface area contributed by atoms with Crippen LogP contribution in [0, 0.1) is 0 Å². The number of rotatable bonds is 5. The van der Waals surface area contributed by atoms with E-state index in [2.05, 4.69) is 27.7 Å². The number of anilines is 1. The molecule has 1 unspecified atom stereocenters. The lowest BCUT2D eigenvalue weighted by atomic mass is 10.0. The first-order valence-electron chi connectivity index (χ1n) is 8.69. The lowest BCUT2D eigenvalue weighted by Crippen LogP contribution is -2.43. The Morgan fingerprint density at radius 3 is 2.80 bits per heavy atom. The molecule has 1 fully saturated rings. The molecule has 0 bridgehead atoms. The molecule has 5 heteroatoms. The lowest BCUT2D eigenvalue weighted by Gasteiger charge is -2.32. The van der Waals surface area contributed by atoms with E-state index in [0.29, 0.717) is 16.6 Å². The summed E-state index contributed by atoms with van der Waals surface area (Å²) in [7, 11) is 2.03. The summed E-state index contributed by atoms with van der Waals surface area (Å²) in [6, 6.07) is 15.6. The zero-order valence-electron chi connectivity index (χ0n) is 14.5. The van der Waals surface area contributed by atoms with Crippen LogP contribution in [0.1, 0.15) is 28.8 Å². The Labute approximate surface area is 154 Å². The van der Waals surface area contributed by atoms with Crippen LogP contribution in [-0.4, -0.2) is 37.0 Å². The highest BCUT2D eigenvalue weighted by Gasteiger charge is 2.18. The Morgan fingerprint density at radius 1 is 1.24 bits per heavy atom. The average Bonchev–Trinajstić information content (AvgIpc) is 2.62. The third-order valence-electron chi connectivity index (χ3n) is 4.61. The highest BCUT2D eigenvalue weighted by atomic mass is 35.5. The number of hydrogen-bond donors (Lipinski definition) is 2. The molecule has 132 valence electrons. The average molecular weight is 358 g/mol. The second-order valence-corrected chi connectivity index (χ2v) is 6.96. The van der Waals surface area contributed by atoms with Crippen molar-refractivity contribution in [1.82, 2.24) is 10.2 Å². The van der Waals surface area contributed by atoms with Gasteiger partial charge in [0.15, 0.2) is 0 Å². The van der Waals surface area contributed by atoms with Gasteiger partial charge in [-0.1, -0.05) is 23.7 Å². The summed E-state index contributed by atoms with van der Waals surface area (Å²) in [4.78, 5) is 14.8. The Kier molecular flexibility index (Phi) is 6.08. The minimum atomic E-state index is -0.123. The molecule has 1 heterocycles. The smallest absolute Gasteiger partial charge is 0.255 e. The number of nitrogens with one attached hydrogen (secondary N) is 2. The van der Waals surface area contributed by atoms with Crippen LogP contribution in [0.15, 0.2) is 48.5 Å². The number of carbonyl (C=O) groups is 1. The van der Waals surface area contributed by atoms with E-state index in [0.717, 1.165) is 25.3 Å². The Hall–Kier alpha value is -1.88. The van der Waals surface area contributed by atoms with Crippen LogP contribution in [0.2, 0.25) is 5.02 Å². The molecule has 1 aliphatic heterocycles. The fraction of sp³-hybridized carbons (Fsp3) is 0.350. The largest absolute Gasteiger partial charge is 0.322 e. The standard InChI is InChI=1S/C20H24ClN3O/c1-22-19-6-3-11-24(14-19)13-15-4-2-5-18(12-15)23-20(25)16-7-9-17(21)10-8-16/h2,4-5,7-10,12,19,22H,3,6,11,13-14H2,1H3,(H,23,25). The number of nitrogens with zero attached hydrogens (tertiary/aromatic N) is 1. The normalized spacial score (nSPS) is 18.1. The lowest BCUT2D eigenvalue weighted by molar-refractivity contribution is 0.102. The number of carbonyl (C=O) groups excluding carboxylic acids is 1. The number of likely N-dealkylation sites (tertiary alicyclic amines) is 1. The first kappa shape index (κ1) is 17.9. The minimum Gasteiger partial charge on any atom is -0.322 e. The van der Waals surface area contributed by atoms with Crippen LogP contribution >= 0.6 is 11.6 Å². The maximum absolute atomic E-state index is 12.3. The van der Waals surface area contributed by atoms with E-state index >= 15 is 0 Å². The van der Waals surface area contributed by atoms with E-state index in [1.165, 1.54) is 18.4 Å². The zero-order chi connectivity index (χ0) is 17.6. The van der Waals surface area contributed by atoms with Gasteiger partial charge in [0, 0.05) is 35.4 Å². The molecule has 1 atom stereocenters. The highest BCUT2D eigenvalue weighted by Crippen LogP contribution is 2.18. The van der Waals surface area contributed by atoms with Crippen LogP contribution in [0.4, 0.5) is 5.69 Å². The molecule has 0 aromatic heterocycles. The number of likely N-dealkylation sites (N-methyl/N-ethyl adjacent to an activating group) is 1. The number of hydrogen-bond acceptors (Lipinski definition) is 3. The van der Waals surface area contributed by atoms with Crippen molar-refractivity contribution in [3.8, 4) is 0 Å². The number of amides is 1. The monoisotopic (exact) mass is 357 g/mol. The van der Waals surface area contributed by atoms with Gasteiger partial charge in [0.25, 0.3) is 5.91 Å². The van der Waals surface area contributed by atoms with Gasteiger partial charge in [-0.25, -0.2) is 0 Å². The molecule has 2 aromatic carbocycles. The summed E-state index contributed by atoms with van der Waals surface area (Å²) in [5, 5.41) is 6.96. The quantitative estimate of drug-likeness (QED) is 0.856. The van der Waals surface area contributed by atoms with Crippen molar-refractivity contribution in [1.29, 1.82) is 0 Å². The summed E-state index contributed by atoms with van der Waals surface area (Å²) >= 11 is 5.87. The molecule has 0 aliphatic carbocycles. The topological polar surface area (TPSA) is 44.4 Å². The van der Waals surface area contributed by atoms with E-state index in [9.17, 15) is 4.79 Å². The first-order chi connectivity index (χ1) is 12.1. The van der Waals surface area contributed by atoms with Crippen LogP contribution in [0.5, 0.6) is 0 Å². The molecule has 4 nitrogen and oxygen atoms in total. The first-order valence-corrected chi connectivity index (χ1v) is 9.07. The summed E-state index contributed by atoms with van der Waals surface area (Å²) in [5.41, 5.74) is 2.63. The van der Waals surface area contributed by atoms with E-state index in [-0.39, 0.29) is 5.91 Å². The maximum Gasteiger partial charge on any atom is 0.255 e. The Morgan fingerprint density at radius 2 is 2.04 bits per heavy atom. The van der Waals surface area contributed by atoms with Crippen LogP contribution in [-0.2, 0) is 6.54 Å². The summed E-state index contributed by atoms with van der Waals surface area (Å²) in [5.74, 6) is -0.123. The Balaban J connectivity index is 1.63. The maximum atomic E-state index is 12.3. The van der Waals surface area contributed by atoms with Gasteiger partial charge in [0.2, 0.25) is 0 Å². The van der Waals surface area contributed by atoms with Gasteiger partial charge in [-0.3, -0.25) is 9.69 Å². The second kappa shape index (κ2) is 8.48. The van der Waals surface area contributed by atoms with Gasteiger partial charge < -0.3 is 10.6 Å². The van der Waals surface area contributed by atoms with Crippen molar-refractivity contribution in [2.24, 2.45) is 0 Å². The third-order valence-corrected chi connectivity index (χ3v) is 4.86. The van der Waals surface area contributed by atoms with Gasteiger partial charge in [-0.2, -0.15) is 0 Å². The molecule has 2 N–H and O–H groups in total. The molecule has 0 radical (unpaired) electrons. The molecule has 25 heavy (non-hydrogen) atoms. The van der Waals surface area contributed by atoms with E-state index in [4.69, 9.17) is 11.6 Å². The van der Waals surface area contributed by atoms with Crippen molar-refractivity contribution < 1.29 is 4.79 Å². The molecule has 1 saturated heterocycles. The molecule has 0 spiro atoms. The van der Waals surface area contributed by atoms with Crippen molar-refractivity contribution in [3.05, 3.63) is 64.7 Å². The van der Waals surface area contributed by atoms with Crippen LogP contribution in [0.25, 0.3) is 0 Å². The molecule has 1 amide bonds. The summed E-state index contributed by atoms with van der Waals surface area (Å²) in [6.07, 6.45) is 2.46. The van der Waals surface area contributed by atoms with Crippen LogP contribution < -0.4 is 10.6 Å². The number of halogens is 1. The summed E-state index contributed by atoms with van der Waals surface area (Å²) in [6.45, 7) is 3.10. The molecule has 2 aromatic rings. The molecule has 0 saturated carbocycles. The van der Waals surface area contributed by atoms with E-state index < -0.39 is 0 Å². The highest BCUT2D eigenvalue weighted by molar-refractivity contribution is 6.30. The van der Waals surface area contributed by atoms with Crippen molar-refractivity contribution >= 4 is 23.2 Å². The molecule has 3 rings (SSSR count). The van der Waals surface area contributed by atoms with Gasteiger partial charge >= 0.3 is 0 Å². The van der Waals surface area contributed by atoms with E-state index in [1.54, 1.807) is 24.3 Å².